The lowest BCUT2D eigenvalue weighted by Gasteiger charge is -2.32. The van der Waals surface area contributed by atoms with E-state index in [1.807, 2.05) is 19.9 Å². The van der Waals surface area contributed by atoms with E-state index in [-0.39, 0.29) is 0 Å². The molecular weight excluding hydrogens is 224 g/mol. The number of nitrogens with zero attached hydrogens (tertiary/aromatic N) is 1. The van der Waals surface area contributed by atoms with Crippen LogP contribution in [-0.2, 0) is 11.2 Å². The number of rotatable bonds is 1. The molecule has 0 aromatic heterocycles. The quantitative estimate of drug-likeness (QED) is 0.776. The van der Waals surface area contributed by atoms with Crippen molar-refractivity contribution in [3.8, 4) is 0 Å². The molecule has 1 atom stereocenters. The van der Waals surface area contributed by atoms with Gasteiger partial charge in [-0.2, -0.15) is 0 Å². The Balaban J connectivity index is 0.000000574. The van der Waals surface area contributed by atoms with Gasteiger partial charge in [0.1, 0.15) is 0 Å². The lowest BCUT2D eigenvalue weighted by atomic mass is 10.1. The summed E-state index contributed by atoms with van der Waals surface area (Å²) in [6, 6.07) is 6.90. The van der Waals surface area contributed by atoms with Gasteiger partial charge in [0.05, 0.1) is 13.2 Å². The molecule has 0 spiro atoms. The molecule has 1 aliphatic carbocycles. The summed E-state index contributed by atoms with van der Waals surface area (Å²) in [7, 11) is 0. The van der Waals surface area contributed by atoms with Crippen molar-refractivity contribution < 1.29 is 4.74 Å². The normalized spacial score (nSPS) is 23.1. The molecule has 100 valence electrons. The average molecular weight is 248 g/mol. The van der Waals surface area contributed by atoms with Crippen molar-refractivity contribution in [2.24, 2.45) is 0 Å². The molecule has 18 heavy (non-hydrogen) atoms. The van der Waals surface area contributed by atoms with E-state index < -0.39 is 0 Å². The summed E-state index contributed by atoms with van der Waals surface area (Å²) < 4.78 is 5.40. The second kappa shape index (κ2) is 6.21. The summed E-state index contributed by atoms with van der Waals surface area (Å²) in [6.45, 7) is 7.85. The average Bonchev–Trinajstić information content (AvgIpc) is 2.87. The van der Waals surface area contributed by atoms with Crippen LogP contribution in [-0.4, -0.2) is 31.2 Å². The summed E-state index contributed by atoms with van der Waals surface area (Å²) in [6.07, 6.45) is 2.34. The summed E-state index contributed by atoms with van der Waals surface area (Å²) in [5.41, 5.74) is 9.81. The van der Waals surface area contributed by atoms with Crippen molar-refractivity contribution in [3.05, 3.63) is 29.3 Å². The van der Waals surface area contributed by atoms with Crippen molar-refractivity contribution >= 4 is 5.69 Å². The molecule has 1 heterocycles. The maximum atomic E-state index is 6.02. The van der Waals surface area contributed by atoms with Crippen LogP contribution < -0.4 is 5.73 Å². The molecule has 2 N–H and O–H groups in total. The van der Waals surface area contributed by atoms with Crippen LogP contribution in [0.1, 0.15) is 37.4 Å². The van der Waals surface area contributed by atoms with Crippen molar-refractivity contribution in [1.82, 2.24) is 4.90 Å². The molecular formula is C15H24N2O. The molecule has 1 aliphatic heterocycles. The van der Waals surface area contributed by atoms with E-state index in [0.29, 0.717) is 6.04 Å². The van der Waals surface area contributed by atoms with E-state index in [4.69, 9.17) is 10.5 Å². The van der Waals surface area contributed by atoms with Gasteiger partial charge in [-0.05, 0) is 30.0 Å². The second-order valence-corrected chi connectivity index (χ2v) is 4.62. The largest absolute Gasteiger partial charge is 0.398 e. The summed E-state index contributed by atoms with van der Waals surface area (Å²) in [4.78, 5) is 2.54. The third-order valence-corrected chi connectivity index (χ3v) is 3.76. The molecule has 0 amide bonds. The molecule has 0 bridgehead atoms. The van der Waals surface area contributed by atoms with Crippen LogP contribution in [0.4, 0.5) is 5.69 Å². The highest BCUT2D eigenvalue weighted by Crippen LogP contribution is 2.38. The van der Waals surface area contributed by atoms with Crippen molar-refractivity contribution in [3.63, 3.8) is 0 Å². The number of benzene rings is 1. The highest BCUT2D eigenvalue weighted by Gasteiger charge is 2.29. The fourth-order valence-electron chi connectivity index (χ4n) is 2.93. The van der Waals surface area contributed by atoms with Gasteiger partial charge in [0.25, 0.3) is 0 Å². The Morgan fingerprint density at radius 1 is 1.22 bits per heavy atom. The van der Waals surface area contributed by atoms with Gasteiger partial charge in [0, 0.05) is 24.8 Å². The molecule has 0 radical (unpaired) electrons. The maximum Gasteiger partial charge on any atom is 0.0594 e. The van der Waals surface area contributed by atoms with E-state index in [1.54, 1.807) is 0 Å². The number of ether oxygens (including phenoxy) is 1. The fourth-order valence-corrected chi connectivity index (χ4v) is 2.93. The molecule has 1 aromatic rings. The Bertz CT molecular complexity index is 386. The number of hydrogen-bond acceptors (Lipinski definition) is 3. The minimum Gasteiger partial charge on any atom is -0.398 e. The first-order valence-electron chi connectivity index (χ1n) is 7.05. The first-order valence-corrected chi connectivity index (χ1v) is 7.05. The van der Waals surface area contributed by atoms with Crippen LogP contribution in [0.25, 0.3) is 0 Å². The number of nitrogens with two attached hydrogens (primary N) is 1. The van der Waals surface area contributed by atoms with Gasteiger partial charge >= 0.3 is 0 Å². The molecule has 2 aliphatic rings. The number of morpholine rings is 1. The van der Waals surface area contributed by atoms with Gasteiger partial charge < -0.3 is 10.5 Å². The van der Waals surface area contributed by atoms with Crippen molar-refractivity contribution in [1.29, 1.82) is 0 Å². The zero-order valence-corrected chi connectivity index (χ0v) is 11.5. The maximum absolute atomic E-state index is 6.02. The standard InChI is InChI=1S/C13H18N2O.C2H6/c14-12-3-1-2-11-10(12)4-5-13(11)15-6-8-16-9-7-15;1-2/h1-3,13H,4-9,14H2;1-2H3. The van der Waals surface area contributed by atoms with Gasteiger partial charge in [-0.15, -0.1) is 0 Å². The molecule has 3 nitrogen and oxygen atoms in total. The lowest BCUT2D eigenvalue weighted by molar-refractivity contribution is 0.0164. The topological polar surface area (TPSA) is 38.5 Å². The first kappa shape index (κ1) is 13.4. The Hall–Kier alpha value is -1.06. The van der Waals surface area contributed by atoms with E-state index in [0.717, 1.165) is 38.4 Å². The van der Waals surface area contributed by atoms with Crippen molar-refractivity contribution in [2.45, 2.75) is 32.7 Å². The van der Waals surface area contributed by atoms with Crippen LogP contribution in [0.3, 0.4) is 0 Å². The minimum absolute atomic E-state index is 0.572. The van der Waals surface area contributed by atoms with E-state index in [9.17, 15) is 0 Å². The van der Waals surface area contributed by atoms with Gasteiger partial charge in [0.15, 0.2) is 0 Å². The summed E-state index contributed by atoms with van der Waals surface area (Å²) in [5, 5.41) is 0. The molecule has 1 fully saturated rings. The number of fused-ring (bicyclic) bond motifs is 1. The van der Waals surface area contributed by atoms with Crippen LogP contribution in [0.5, 0.6) is 0 Å². The second-order valence-electron chi connectivity index (χ2n) is 4.62. The fraction of sp³-hybridized carbons (Fsp3) is 0.600. The zero-order chi connectivity index (χ0) is 13.0. The molecule has 3 rings (SSSR count). The van der Waals surface area contributed by atoms with Gasteiger partial charge in [-0.25, -0.2) is 0 Å². The predicted octanol–water partition coefficient (Wildman–Crippen LogP) is 2.61. The van der Waals surface area contributed by atoms with Gasteiger partial charge in [-0.3, -0.25) is 4.90 Å². The third kappa shape index (κ3) is 2.52. The van der Waals surface area contributed by atoms with Crippen LogP contribution >= 0.6 is 0 Å². The molecule has 0 saturated carbocycles. The molecule has 1 aromatic carbocycles. The van der Waals surface area contributed by atoms with Gasteiger partial charge in [0.2, 0.25) is 0 Å². The summed E-state index contributed by atoms with van der Waals surface area (Å²) in [5.74, 6) is 0. The number of anilines is 1. The Kier molecular flexibility index (Phi) is 4.61. The third-order valence-electron chi connectivity index (χ3n) is 3.76. The lowest BCUT2D eigenvalue weighted by Crippen LogP contribution is -2.38. The molecule has 1 unspecified atom stereocenters. The Morgan fingerprint density at radius 3 is 2.67 bits per heavy atom. The van der Waals surface area contributed by atoms with Crippen LogP contribution in [0, 0.1) is 0 Å². The van der Waals surface area contributed by atoms with Crippen LogP contribution in [0.2, 0.25) is 0 Å². The zero-order valence-electron chi connectivity index (χ0n) is 11.5. The van der Waals surface area contributed by atoms with E-state index >= 15 is 0 Å². The smallest absolute Gasteiger partial charge is 0.0594 e. The van der Waals surface area contributed by atoms with E-state index in [1.165, 1.54) is 17.5 Å². The minimum atomic E-state index is 0.572. The van der Waals surface area contributed by atoms with Crippen LogP contribution in [0.15, 0.2) is 18.2 Å². The number of hydrogen-bond donors (Lipinski definition) is 1. The Labute approximate surface area is 110 Å². The van der Waals surface area contributed by atoms with Crippen molar-refractivity contribution in [2.75, 3.05) is 32.0 Å². The van der Waals surface area contributed by atoms with Gasteiger partial charge in [-0.1, -0.05) is 26.0 Å². The highest BCUT2D eigenvalue weighted by atomic mass is 16.5. The Morgan fingerprint density at radius 2 is 1.94 bits per heavy atom. The highest BCUT2D eigenvalue weighted by molar-refractivity contribution is 5.54. The monoisotopic (exact) mass is 248 g/mol. The SMILES string of the molecule is CC.Nc1cccc2c1CCC2N1CCOCC1. The summed E-state index contributed by atoms with van der Waals surface area (Å²) >= 11 is 0. The van der Waals surface area contributed by atoms with E-state index in [2.05, 4.69) is 17.0 Å². The predicted molar refractivity (Wildman–Crippen MR) is 75.7 cm³/mol. The molecule has 1 saturated heterocycles. The molecule has 3 heteroatoms. The number of nitrogen functional groups attached to an aromatic ring is 1. The first-order chi connectivity index (χ1) is 8.86.